The maximum absolute atomic E-state index is 13.9. The van der Waals surface area contributed by atoms with E-state index in [4.69, 9.17) is 11.5 Å². The van der Waals surface area contributed by atoms with Crippen LogP contribution in [-0.2, 0) is 6.54 Å². The van der Waals surface area contributed by atoms with E-state index in [1.54, 1.807) is 6.07 Å². The summed E-state index contributed by atoms with van der Waals surface area (Å²) in [5.41, 5.74) is 11.9. The van der Waals surface area contributed by atoms with Crippen molar-refractivity contribution < 1.29 is 9.18 Å². The summed E-state index contributed by atoms with van der Waals surface area (Å²) >= 11 is 0. The zero-order valence-electron chi connectivity index (χ0n) is 11.8. The molecule has 0 saturated heterocycles. The average molecular weight is 279 g/mol. The lowest BCUT2D eigenvalue weighted by atomic mass is 10.0. The summed E-state index contributed by atoms with van der Waals surface area (Å²) in [5.74, 6) is -0.360. The lowest BCUT2D eigenvalue weighted by Gasteiger charge is -2.29. The lowest BCUT2D eigenvalue weighted by Crippen LogP contribution is -2.37. The van der Waals surface area contributed by atoms with Crippen LogP contribution in [0.15, 0.2) is 18.2 Å². The zero-order chi connectivity index (χ0) is 14.7. The molecule has 1 saturated carbocycles. The summed E-state index contributed by atoms with van der Waals surface area (Å²) in [5, 5.41) is 0. The molecule has 1 fully saturated rings. The molecule has 2 rings (SSSR count). The van der Waals surface area contributed by atoms with Crippen LogP contribution in [0.3, 0.4) is 0 Å². The Kier molecular flexibility index (Phi) is 4.73. The SMILES string of the molecule is CN(Cc1cc(C(N)=O)ccc1F)C1CCCC1CN. The number of rotatable bonds is 5. The van der Waals surface area contributed by atoms with Crippen LogP contribution >= 0.6 is 0 Å². The first kappa shape index (κ1) is 14.9. The molecule has 20 heavy (non-hydrogen) atoms. The fourth-order valence-electron chi connectivity index (χ4n) is 3.11. The highest BCUT2D eigenvalue weighted by Crippen LogP contribution is 2.29. The van der Waals surface area contributed by atoms with Crippen LogP contribution in [0.1, 0.15) is 35.2 Å². The van der Waals surface area contributed by atoms with Crippen LogP contribution < -0.4 is 11.5 Å². The third-order valence-corrected chi connectivity index (χ3v) is 4.24. The van der Waals surface area contributed by atoms with Crippen LogP contribution in [0.4, 0.5) is 4.39 Å². The van der Waals surface area contributed by atoms with E-state index in [1.165, 1.54) is 18.6 Å². The van der Waals surface area contributed by atoms with E-state index in [0.29, 0.717) is 36.2 Å². The van der Waals surface area contributed by atoms with Gasteiger partial charge in [0.1, 0.15) is 5.82 Å². The van der Waals surface area contributed by atoms with Crippen LogP contribution in [0, 0.1) is 11.7 Å². The van der Waals surface area contributed by atoms with Crippen molar-refractivity contribution in [1.29, 1.82) is 0 Å². The van der Waals surface area contributed by atoms with Gasteiger partial charge in [-0.2, -0.15) is 0 Å². The van der Waals surface area contributed by atoms with E-state index in [0.717, 1.165) is 12.8 Å². The third kappa shape index (κ3) is 3.16. The molecule has 1 amide bonds. The second-order valence-electron chi connectivity index (χ2n) is 5.58. The Morgan fingerprint density at radius 2 is 2.20 bits per heavy atom. The van der Waals surface area contributed by atoms with E-state index in [2.05, 4.69) is 4.90 Å². The van der Waals surface area contributed by atoms with Crippen molar-refractivity contribution in [2.45, 2.75) is 31.8 Å². The second kappa shape index (κ2) is 6.33. The van der Waals surface area contributed by atoms with Crippen molar-refractivity contribution in [3.05, 3.63) is 35.1 Å². The average Bonchev–Trinajstić information content (AvgIpc) is 2.89. The molecule has 2 unspecified atom stereocenters. The molecule has 4 nitrogen and oxygen atoms in total. The molecule has 0 aromatic heterocycles. The smallest absolute Gasteiger partial charge is 0.248 e. The number of hydrogen-bond donors (Lipinski definition) is 2. The van der Waals surface area contributed by atoms with Gasteiger partial charge in [-0.25, -0.2) is 4.39 Å². The highest BCUT2D eigenvalue weighted by molar-refractivity contribution is 5.92. The minimum atomic E-state index is -0.533. The van der Waals surface area contributed by atoms with E-state index in [9.17, 15) is 9.18 Å². The number of amides is 1. The molecular formula is C15H22FN3O. The summed E-state index contributed by atoms with van der Waals surface area (Å²) in [6.45, 7) is 1.13. The number of primary amides is 1. The predicted molar refractivity (Wildman–Crippen MR) is 76.6 cm³/mol. The topological polar surface area (TPSA) is 72.3 Å². The molecule has 1 aromatic rings. The number of nitrogens with two attached hydrogens (primary N) is 2. The van der Waals surface area contributed by atoms with E-state index in [1.807, 2.05) is 7.05 Å². The second-order valence-corrected chi connectivity index (χ2v) is 5.58. The number of hydrogen-bond acceptors (Lipinski definition) is 3. The van der Waals surface area contributed by atoms with Gasteiger partial charge in [0.15, 0.2) is 0 Å². The molecule has 4 N–H and O–H groups in total. The summed E-state index contributed by atoms with van der Waals surface area (Å²) in [6, 6.07) is 4.65. The minimum Gasteiger partial charge on any atom is -0.366 e. The fraction of sp³-hybridized carbons (Fsp3) is 0.533. The Hall–Kier alpha value is -1.46. The standard InChI is InChI=1S/C15H22FN3O/c1-19(14-4-2-3-11(14)8-17)9-12-7-10(15(18)20)5-6-13(12)16/h5-7,11,14H,2-4,8-9,17H2,1H3,(H2,18,20). The molecule has 0 heterocycles. The summed E-state index contributed by atoms with van der Waals surface area (Å²) < 4.78 is 13.9. The maximum Gasteiger partial charge on any atom is 0.248 e. The van der Waals surface area contributed by atoms with Gasteiger partial charge in [-0.3, -0.25) is 9.69 Å². The molecule has 0 aliphatic heterocycles. The van der Waals surface area contributed by atoms with Crippen LogP contribution in [-0.4, -0.2) is 30.4 Å². The Morgan fingerprint density at radius 3 is 2.85 bits per heavy atom. The lowest BCUT2D eigenvalue weighted by molar-refractivity contribution is 0.1000. The van der Waals surface area contributed by atoms with Crippen molar-refractivity contribution in [2.75, 3.05) is 13.6 Å². The van der Waals surface area contributed by atoms with Crippen LogP contribution in [0.2, 0.25) is 0 Å². The van der Waals surface area contributed by atoms with Gasteiger partial charge >= 0.3 is 0 Å². The van der Waals surface area contributed by atoms with E-state index < -0.39 is 5.91 Å². The van der Waals surface area contributed by atoms with Gasteiger partial charge in [-0.1, -0.05) is 6.42 Å². The van der Waals surface area contributed by atoms with Crippen molar-refractivity contribution in [3.63, 3.8) is 0 Å². The fourth-order valence-corrected chi connectivity index (χ4v) is 3.11. The van der Waals surface area contributed by atoms with Crippen molar-refractivity contribution >= 4 is 5.91 Å². The Labute approximate surface area is 118 Å². The van der Waals surface area contributed by atoms with Crippen molar-refractivity contribution in [2.24, 2.45) is 17.4 Å². The van der Waals surface area contributed by atoms with Crippen LogP contribution in [0.5, 0.6) is 0 Å². The number of carbonyl (C=O) groups is 1. The molecule has 5 heteroatoms. The monoisotopic (exact) mass is 279 g/mol. The van der Waals surface area contributed by atoms with E-state index in [-0.39, 0.29) is 5.82 Å². The summed E-state index contributed by atoms with van der Waals surface area (Å²) in [7, 11) is 1.98. The molecule has 1 aromatic carbocycles. The van der Waals surface area contributed by atoms with Gasteiger partial charge in [0, 0.05) is 23.7 Å². The number of halogens is 1. The molecule has 1 aliphatic carbocycles. The first-order valence-corrected chi connectivity index (χ1v) is 7.01. The molecule has 1 aliphatic rings. The molecule has 0 bridgehead atoms. The predicted octanol–water partition coefficient (Wildman–Crippen LogP) is 1.48. The number of nitrogens with zero attached hydrogens (tertiary/aromatic N) is 1. The molecule has 2 atom stereocenters. The number of carbonyl (C=O) groups excluding carboxylic acids is 1. The Morgan fingerprint density at radius 1 is 1.45 bits per heavy atom. The first-order valence-electron chi connectivity index (χ1n) is 7.01. The van der Waals surface area contributed by atoms with Gasteiger partial charge < -0.3 is 11.5 Å². The van der Waals surface area contributed by atoms with Gasteiger partial charge in [-0.05, 0) is 50.6 Å². The molecular weight excluding hydrogens is 257 g/mol. The normalized spacial score (nSPS) is 22.4. The Bertz CT molecular complexity index is 492. The highest BCUT2D eigenvalue weighted by Gasteiger charge is 2.29. The minimum absolute atomic E-state index is 0.302. The molecule has 110 valence electrons. The summed E-state index contributed by atoms with van der Waals surface area (Å²) in [4.78, 5) is 13.3. The largest absolute Gasteiger partial charge is 0.366 e. The van der Waals surface area contributed by atoms with Gasteiger partial charge in [0.2, 0.25) is 5.91 Å². The maximum atomic E-state index is 13.9. The van der Waals surface area contributed by atoms with Gasteiger partial charge in [0.25, 0.3) is 0 Å². The van der Waals surface area contributed by atoms with E-state index >= 15 is 0 Å². The highest BCUT2D eigenvalue weighted by atomic mass is 19.1. The molecule has 0 spiro atoms. The summed E-state index contributed by atoms with van der Waals surface area (Å²) in [6.07, 6.45) is 3.39. The number of benzene rings is 1. The van der Waals surface area contributed by atoms with Gasteiger partial charge in [-0.15, -0.1) is 0 Å². The van der Waals surface area contributed by atoms with Crippen LogP contribution in [0.25, 0.3) is 0 Å². The zero-order valence-corrected chi connectivity index (χ0v) is 11.8. The Balaban J connectivity index is 2.12. The van der Waals surface area contributed by atoms with Crippen molar-refractivity contribution in [3.8, 4) is 0 Å². The quantitative estimate of drug-likeness (QED) is 0.857. The third-order valence-electron chi connectivity index (χ3n) is 4.24. The first-order chi connectivity index (χ1) is 9.52. The molecule has 0 radical (unpaired) electrons. The van der Waals surface area contributed by atoms with Crippen molar-refractivity contribution in [1.82, 2.24) is 4.90 Å². The van der Waals surface area contributed by atoms with Gasteiger partial charge in [0.05, 0.1) is 0 Å².